The second kappa shape index (κ2) is 6.85. The topological polar surface area (TPSA) is 71.6 Å². The zero-order valence-electron chi connectivity index (χ0n) is 15.1. The molecule has 138 valence electrons. The molecule has 4 rings (SSSR count). The molecule has 1 amide bonds. The van der Waals surface area contributed by atoms with E-state index >= 15 is 0 Å². The van der Waals surface area contributed by atoms with Gasteiger partial charge in [-0.15, -0.1) is 11.3 Å². The number of fused-ring (bicyclic) bond motifs is 3. The molecule has 1 N–H and O–H groups in total. The summed E-state index contributed by atoms with van der Waals surface area (Å²) in [6.07, 6.45) is 2.74. The quantitative estimate of drug-likeness (QED) is 0.752. The van der Waals surface area contributed by atoms with Crippen molar-refractivity contribution in [1.82, 2.24) is 24.4 Å². The molecule has 1 aliphatic heterocycles. The van der Waals surface area contributed by atoms with E-state index in [1.54, 1.807) is 11.3 Å². The third-order valence-corrected chi connectivity index (χ3v) is 5.87. The van der Waals surface area contributed by atoms with Crippen LogP contribution >= 0.6 is 11.3 Å². The summed E-state index contributed by atoms with van der Waals surface area (Å²) in [7, 11) is 2.06. The van der Waals surface area contributed by atoms with Crippen LogP contribution in [0.4, 0.5) is 0 Å². The first-order valence-electron chi connectivity index (χ1n) is 9.03. The van der Waals surface area contributed by atoms with Gasteiger partial charge in [0.05, 0.1) is 0 Å². The van der Waals surface area contributed by atoms with Crippen LogP contribution in [-0.2, 0) is 17.8 Å². The van der Waals surface area contributed by atoms with Gasteiger partial charge in [0.1, 0.15) is 22.7 Å². The lowest BCUT2D eigenvalue weighted by Gasteiger charge is -2.30. The molecule has 0 radical (unpaired) electrons. The van der Waals surface area contributed by atoms with E-state index in [9.17, 15) is 9.59 Å². The summed E-state index contributed by atoms with van der Waals surface area (Å²) >= 11 is 1.60. The van der Waals surface area contributed by atoms with Gasteiger partial charge in [-0.2, -0.15) is 5.10 Å². The van der Waals surface area contributed by atoms with E-state index in [1.807, 2.05) is 28.8 Å². The second-order valence-corrected chi connectivity index (χ2v) is 7.84. The third kappa shape index (κ3) is 3.03. The smallest absolute Gasteiger partial charge is 0.291 e. The minimum Gasteiger partial charge on any atom is -0.350 e. The monoisotopic (exact) mass is 373 g/mol. The lowest BCUT2D eigenvalue weighted by molar-refractivity contribution is -0.123. The summed E-state index contributed by atoms with van der Waals surface area (Å²) in [4.78, 5) is 28.5. The Kier molecular flexibility index (Phi) is 4.54. The van der Waals surface area contributed by atoms with E-state index in [2.05, 4.69) is 22.4 Å². The second-order valence-electron chi connectivity index (χ2n) is 6.95. The molecule has 0 aromatic carbocycles. The van der Waals surface area contributed by atoms with Gasteiger partial charge in [-0.25, -0.2) is 4.68 Å². The molecule has 3 aromatic rings. The molecule has 0 bridgehead atoms. The Labute approximate surface area is 155 Å². The highest BCUT2D eigenvalue weighted by Crippen LogP contribution is 2.24. The molecule has 8 heteroatoms. The van der Waals surface area contributed by atoms with Crippen LogP contribution in [0.15, 0.2) is 22.3 Å². The maximum atomic E-state index is 12.8. The van der Waals surface area contributed by atoms with Crippen LogP contribution in [0.2, 0.25) is 0 Å². The molecular weight excluding hydrogens is 350 g/mol. The largest absolute Gasteiger partial charge is 0.350 e. The molecule has 0 unspecified atom stereocenters. The molecule has 0 saturated carbocycles. The van der Waals surface area contributed by atoms with Crippen LogP contribution in [0.1, 0.15) is 25.6 Å². The molecule has 4 heterocycles. The number of carbonyl (C=O) groups is 1. The van der Waals surface area contributed by atoms with Crippen molar-refractivity contribution in [3.63, 3.8) is 0 Å². The average Bonchev–Trinajstić information content (AvgIpc) is 3.19. The lowest BCUT2D eigenvalue weighted by Crippen LogP contribution is -2.48. The van der Waals surface area contributed by atoms with Crippen molar-refractivity contribution >= 4 is 33.0 Å². The maximum absolute atomic E-state index is 12.8. The first-order chi connectivity index (χ1) is 12.6. The summed E-state index contributed by atoms with van der Waals surface area (Å²) in [6, 6.07) is 4.03. The van der Waals surface area contributed by atoms with Gasteiger partial charge in [0.25, 0.3) is 5.56 Å². The highest BCUT2D eigenvalue weighted by molar-refractivity contribution is 7.16. The van der Waals surface area contributed by atoms with E-state index in [0.717, 1.165) is 42.0 Å². The number of nitrogens with zero attached hydrogens (tertiary/aromatic N) is 4. The SMILES string of the molecule is CCc1nn(CC(=O)N[C@@H]2CCCN(C)C2)c(=O)c2cc3ccsc3n12. The van der Waals surface area contributed by atoms with Crippen molar-refractivity contribution in [1.29, 1.82) is 0 Å². The normalized spacial score (nSPS) is 18.6. The van der Waals surface area contributed by atoms with E-state index in [0.29, 0.717) is 11.9 Å². The first kappa shape index (κ1) is 17.2. The number of hydrogen-bond donors (Lipinski definition) is 1. The van der Waals surface area contributed by atoms with E-state index in [-0.39, 0.29) is 24.1 Å². The van der Waals surface area contributed by atoms with Crippen molar-refractivity contribution in [2.24, 2.45) is 0 Å². The van der Waals surface area contributed by atoms with Crippen LogP contribution in [0, 0.1) is 0 Å². The van der Waals surface area contributed by atoms with E-state index in [1.165, 1.54) is 4.68 Å². The number of nitrogens with one attached hydrogen (secondary N) is 1. The van der Waals surface area contributed by atoms with Crippen molar-refractivity contribution in [3.05, 3.63) is 33.7 Å². The van der Waals surface area contributed by atoms with E-state index < -0.39 is 0 Å². The van der Waals surface area contributed by atoms with Crippen LogP contribution in [0.5, 0.6) is 0 Å². The van der Waals surface area contributed by atoms with Crippen LogP contribution < -0.4 is 10.9 Å². The van der Waals surface area contributed by atoms with Gasteiger partial charge in [-0.3, -0.25) is 14.0 Å². The van der Waals surface area contributed by atoms with Crippen LogP contribution in [0.3, 0.4) is 0 Å². The molecular formula is C18H23N5O2S. The van der Waals surface area contributed by atoms with E-state index in [4.69, 9.17) is 0 Å². The highest BCUT2D eigenvalue weighted by Gasteiger charge is 2.20. The highest BCUT2D eigenvalue weighted by atomic mass is 32.1. The standard InChI is InChI=1S/C18H23N5O2S/c1-3-15-20-22(11-16(24)19-13-5-4-7-21(2)10-13)17(25)14-9-12-6-8-26-18(12)23(14)15/h6,8-9,13H,3-5,7,10-11H2,1-2H3,(H,19,24)/t13-/m1/s1. The Balaban J connectivity index is 1.63. The van der Waals surface area contributed by atoms with Gasteiger partial charge in [0.2, 0.25) is 5.91 Å². The summed E-state index contributed by atoms with van der Waals surface area (Å²) < 4.78 is 3.23. The fraction of sp³-hybridized carbons (Fsp3) is 0.500. The summed E-state index contributed by atoms with van der Waals surface area (Å²) in [5.74, 6) is 0.641. The number of thiophene rings is 1. The maximum Gasteiger partial charge on any atom is 0.291 e. The molecule has 1 aliphatic rings. The van der Waals surface area contributed by atoms with Crippen molar-refractivity contribution in [2.45, 2.75) is 38.8 Å². The predicted octanol–water partition coefficient (Wildman–Crippen LogP) is 1.48. The fourth-order valence-electron chi connectivity index (χ4n) is 3.73. The van der Waals surface area contributed by atoms with Crippen molar-refractivity contribution in [3.8, 4) is 0 Å². The minimum absolute atomic E-state index is 0.0403. The van der Waals surface area contributed by atoms with Crippen LogP contribution in [-0.4, -0.2) is 51.2 Å². The fourth-order valence-corrected chi connectivity index (χ4v) is 4.64. The Morgan fingerprint density at radius 1 is 1.46 bits per heavy atom. The molecule has 1 saturated heterocycles. The molecule has 1 fully saturated rings. The molecule has 0 spiro atoms. The Bertz CT molecular complexity index is 1020. The third-order valence-electron chi connectivity index (χ3n) is 4.96. The number of piperidine rings is 1. The van der Waals surface area contributed by atoms with Gasteiger partial charge in [-0.05, 0) is 43.9 Å². The average molecular weight is 373 g/mol. The number of amides is 1. The minimum atomic E-state index is -0.221. The summed E-state index contributed by atoms with van der Waals surface area (Å²) in [5, 5.41) is 10.6. The number of likely N-dealkylation sites (N-methyl/N-ethyl adjacent to an activating group) is 1. The molecule has 0 aliphatic carbocycles. The number of rotatable bonds is 4. The molecule has 7 nitrogen and oxygen atoms in total. The Hall–Kier alpha value is -2.19. The van der Waals surface area contributed by atoms with Gasteiger partial charge in [0, 0.05) is 24.4 Å². The number of hydrogen-bond acceptors (Lipinski definition) is 5. The zero-order chi connectivity index (χ0) is 18.3. The molecule has 1 atom stereocenters. The van der Waals surface area contributed by atoms with Gasteiger partial charge < -0.3 is 10.2 Å². The number of aryl methyl sites for hydroxylation is 1. The lowest BCUT2D eigenvalue weighted by atomic mass is 10.1. The first-order valence-corrected chi connectivity index (χ1v) is 9.91. The van der Waals surface area contributed by atoms with Gasteiger partial charge >= 0.3 is 0 Å². The molecule has 3 aromatic heterocycles. The Morgan fingerprint density at radius 2 is 2.31 bits per heavy atom. The summed E-state index contributed by atoms with van der Waals surface area (Å²) in [5.41, 5.74) is 0.366. The van der Waals surface area contributed by atoms with Crippen molar-refractivity contribution in [2.75, 3.05) is 20.1 Å². The predicted molar refractivity (Wildman–Crippen MR) is 103 cm³/mol. The number of carbonyl (C=O) groups excluding carboxylic acids is 1. The number of likely N-dealkylation sites (tertiary alicyclic amines) is 1. The van der Waals surface area contributed by atoms with Crippen LogP contribution in [0.25, 0.3) is 15.7 Å². The zero-order valence-corrected chi connectivity index (χ0v) is 15.9. The van der Waals surface area contributed by atoms with Gasteiger partial charge in [-0.1, -0.05) is 6.92 Å². The molecule has 26 heavy (non-hydrogen) atoms. The van der Waals surface area contributed by atoms with Crippen molar-refractivity contribution < 1.29 is 4.79 Å². The number of aromatic nitrogens is 3. The van der Waals surface area contributed by atoms with Gasteiger partial charge in [0.15, 0.2) is 0 Å². The summed E-state index contributed by atoms with van der Waals surface area (Å²) in [6.45, 7) is 3.88. The Morgan fingerprint density at radius 3 is 3.08 bits per heavy atom.